The van der Waals surface area contributed by atoms with Crippen molar-refractivity contribution in [2.75, 3.05) is 19.6 Å². The third-order valence-electron chi connectivity index (χ3n) is 3.01. The SMILES string of the molecule is CC(C)(C)OC(=O)N1CCC(CC(=O)CN)CC1. The van der Waals surface area contributed by atoms with Crippen molar-refractivity contribution >= 4 is 11.9 Å². The number of likely N-dealkylation sites (tertiary alicyclic amines) is 1. The average Bonchev–Trinajstić information content (AvgIpc) is 2.27. The molecule has 1 aliphatic heterocycles. The molecule has 1 fully saturated rings. The molecule has 0 aromatic carbocycles. The molecule has 2 N–H and O–H groups in total. The first-order chi connectivity index (χ1) is 8.31. The second-order valence-electron chi connectivity index (χ2n) is 5.86. The van der Waals surface area contributed by atoms with Gasteiger partial charge in [0.05, 0.1) is 6.54 Å². The highest BCUT2D eigenvalue weighted by molar-refractivity contribution is 5.80. The molecule has 1 heterocycles. The van der Waals surface area contributed by atoms with Crippen molar-refractivity contribution in [1.29, 1.82) is 0 Å². The number of piperidine rings is 1. The zero-order chi connectivity index (χ0) is 13.8. The van der Waals surface area contributed by atoms with Crippen molar-refractivity contribution in [3.05, 3.63) is 0 Å². The van der Waals surface area contributed by atoms with E-state index in [0.717, 1.165) is 12.8 Å². The summed E-state index contributed by atoms with van der Waals surface area (Å²) >= 11 is 0. The molecule has 5 heteroatoms. The minimum atomic E-state index is -0.455. The number of hydrogen-bond acceptors (Lipinski definition) is 4. The molecule has 1 aliphatic rings. The molecule has 0 atom stereocenters. The van der Waals surface area contributed by atoms with Gasteiger partial charge in [-0.2, -0.15) is 0 Å². The van der Waals surface area contributed by atoms with E-state index < -0.39 is 5.60 Å². The summed E-state index contributed by atoms with van der Waals surface area (Å²) in [5, 5.41) is 0. The summed E-state index contributed by atoms with van der Waals surface area (Å²) in [7, 11) is 0. The molecule has 18 heavy (non-hydrogen) atoms. The summed E-state index contributed by atoms with van der Waals surface area (Å²) in [6.07, 6.45) is 1.99. The van der Waals surface area contributed by atoms with Gasteiger partial charge in [0.1, 0.15) is 11.4 Å². The number of nitrogens with zero attached hydrogens (tertiary/aromatic N) is 1. The summed E-state index contributed by atoms with van der Waals surface area (Å²) < 4.78 is 5.31. The van der Waals surface area contributed by atoms with Crippen LogP contribution in [0.15, 0.2) is 0 Å². The predicted molar refractivity (Wildman–Crippen MR) is 69.2 cm³/mol. The number of amides is 1. The lowest BCUT2D eigenvalue weighted by Crippen LogP contribution is -2.42. The van der Waals surface area contributed by atoms with Crippen LogP contribution in [0.1, 0.15) is 40.0 Å². The second-order valence-corrected chi connectivity index (χ2v) is 5.86. The number of rotatable bonds is 3. The lowest BCUT2D eigenvalue weighted by atomic mass is 9.92. The maximum Gasteiger partial charge on any atom is 0.410 e. The Hall–Kier alpha value is -1.10. The highest BCUT2D eigenvalue weighted by atomic mass is 16.6. The van der Waals surface area contributed by atoms with Crippen LogP contribution in [0.2, 0.25) is 0 Å². The zero-order valence-electron chi connectivity index (χ0n) is 11.6. The van der Waals surface area contributed by atoms with Gasteiger partial charge in [-0.05, 0) is 39.5 Å². The third-order valence-corrected chi connectivity index (χ3v) is 3.01. The molecule has 1 amide bonds. The van der Waals surface area contributed by atoms with E-state index in [1.807, 2.05) is 20.8 Å². The number of carbonyl (C=O) groups excluding carboxylic acids is 2. The van der Waals surface area contributed by atoms with E-state index in [2.05, 4.69) is 0 Å². The zero-order valence-corrected chi connectivity index (χ0v) is 11.6. The average molecular weight is 256 g/mol. The summed E-state index contributed by atoms with van der Waals surface area (Å²) in [5.74, 6) is 0.463. The molecule has 0 unspecified atom stereocenters. The molecule has 0 aliphatic carbocycles. The third kappa shape index (κ3) is 5.04. The summed E-state index contributed by atoms with van der Waals surface area (Å²) in [4.78, 5) is 24.8. The molecule has 1 saturated heterocycles. The molecule has 0 aromatic heterocycles. The number of Topliss-reactive ketones (excluding diaryl/α,β-unsaturated/α-hetero) is 1. The molecule has 0 aromatic rings. The fraction of sp³-hybridized carbons (Fsp3) is 0.846. The lowest BCUT2D eigenvalue weighted by molar-refractivity contribution is -0.118. The Morgan fingerprint density at radius 2 is 1.83 bits per heavy atom. The predicted octanol–water partition coefficient (Wildman–Crippen LogP) is 1.55. The molecule has 0 radical (unpaired) electrons. The van der Waals surface area contributed by atoms with E-state index in [-0.39, 0.29) is 18.4 Å². The summed E-state index contributed by atoms with van der Waals surface area (Å²) in [6, 6.07) is 0. The minimum Gasteiger partial charge on any atom is -0.444 e. The smallest absolute Gasteiger partial charge is 0.410 e. The minimum absolute atomic E-state index is 0.103. The monoisotopic (exact) mass is 256 g/mol. The fourth-order valence-corrected chi connectivity index (χ4v) is 2.05. The van der Waals surface area contributed by atoms with Gasteiger partial charge >= 0.3 is 6.09 Å². The second kappa shape index (κ2) is 6.18. The van der Waals surface area contributed by atoms with Crippen molar-refractivity contribution < 1.29 is 14.3 Å². The highest BCUT2D eigenvalue weighted by Crippen LogP contribution is 2.22. The number of nitrogens with two attached hydrogens (primary N) is 1. The van der Waals surface area contributed by atoms with Crippen LogP contribution in [0.3, 0.4) is 0 Å². The molecular formula is C13H24N2O3. The Labute approximate surface area is 109 Å². The van der Waals surface area contributed by atoms with Crippen molar-refractivity contribution in [1.82, 2.24) is 4.90 Å². The van der Waals surface area contributed by atoms with Crippen LogP contribution in [0.4, 0.5) is 4.79 Å². The van der Waals surface area contributed by atoms with Gasteiger partial charge in [-0.15, -0.1) is 0 Å². The first kappa shape index (κ1) is 15.0. The van der Waals surface area contributed by atoms with Crippen molar-refractivity contribution in [3.8, 4) is 0 Å². The van der Waals surface area contributed by atoms with Crippen LogP contribution in [0.25, 0.3) is 0 Å². The van der Waals surface area contributed by atoms with Gasteiger partial charge in [0.15, 0.2) is 0 Å². The molecule has 0 spiro atoms. The fourth-order valence-electron chi connectivity index (χ4n) is 2.05. The van der Waals surface area contributed by atoms with Crippen LogP contribution in [0, 0.1) is 5.92 Å². The summed E-state index contributed by atoms with van der Waals surface area (Å²) in [6.45, 7) is 7.02. The van der Waals surface area contributed by atoms with Gasteiger partial charge in [-0.3, -0.25) is 4.79 Å². The Balaban J connectivity index is 2.35. The van der Waals surface area contributed by atoms with Gasteiger partial charge in [-0.1, -0.05) is 0 Å². The van der Waals surface area contributed by atoms with Crippen LogP contribution in [-0.2, 0) is 9.53 Å². The molecule has 1 rings (SSSR count). The van der Waals surface area contributed by atoms with Gasteiger partial charge in [0.25, 0.3) is 0 Å². The molecular weight excluding hydrogens is 232 g/mol. The Morgan fingerprint density at radius 1 is 1.28 bits per heavy atom. The number of ether oxygens (including phenoxy) is 1. The number of hydrogen-bond donors (Lipinski definition) is 1. The van der Waals surface area contributed by atoms with E-state index in [1.165, 1.54) is 0 Å². The molecule has 0 saturated carbocycles. The van der Waals surface area contributed by atoms with Crippen molar-refractivity contribution in [2.24, 2.45) is 11.7 Å². The highest BCUT2D eigenvalue weighted by Gasteiger charge is 2.27. The molecule has 104 valence electrons. The van der Waals surface area contributed by atoms with Crippen molar-refractivity contribution in [3.63, 3.8) is 0 Å². The van der Waals surface area contributed by atoms with Crippen molar-refractivity contribution in [2.45, 2.75) is 45.6 Å². The maximum absolute atomic E-state index is 11.8. The Bertz CT molecular complexity index is 302. The molecule has 0 bridgehead atoms. The van der Waals surface area contributed by atoms with Crippen LogP contribution < -0.4 is 5.73 Å². The lowest BCUT2D eigenvalue weighted by Gasteiger charge is -2.33. The van der Waals surface area contributed by atoms with Crippen LogP contribution in [-0.4, -0.2) is 42.0 Å². The van der Waals surface area contributed by atoms with Gasteiger partial charge in [-0.25, -0.2) is 4.79 Å². The van der Waals surface area contributed by atoms with E-state index in [9.17, 15) is 9.59 Å². The summed E-state index contributed by atoms with van der Waals surface area (Å²) in [5.41, 5.74) is 4.85. The van der Waals surface area contributed by atoms with Gasteiger partial charge in [0.2, 0.25) is 0 Å². The van der Waals surface area contributed by atoms with Crippen LogP contribution >= 0.6 is 0 Å². The Kier molecular flexibility index (Phi) is 5.14. The van der Waals surface area contributed by atoms with Gasteiger partial charge in [0, 0.05) is 19.5 Å². The van der Waals surface area contributed by atoms with E-state index >= 15 is 0 Å². The quantitative estimate of drug-likeness (QED) is 0.831. The topological polar surface area (TPSA) is 72.6 Å². The van der Waals surface area contributed by atoms with Crippen LogP contribution in [0.5, 0.6) is 0 Å². The first-order valence-electron chi connectivity index (χ1n) is 6.51. The van der Waals surface area contributed by atoms with E-state index in [0.29, 0.717) is 25.4 Å². The van der Waals surface area contributed by atoms with Gasteiger partial charge < -0.3 is 15.4 Å². The first-order valence-corrected chi connectivity index (χ1v) is 6.51. The standard InChI is InChI=1S/C13H24N2O3/c1-13(2,3)18-12(17)15-6-4-10(5-7-15)8-11(16)9-14/h10H,4-9,14H2,1-3H3. The Morgan fingerprint density at radius 3 is 2.28 bits per heavy atom. The van der Waals surface area contributed by atoms with E-state index in [1.54, 1.807) is 4.90 Å². The number of carbonyl (C=O) groups is 2. The maximum atomic E-state index is 11.8. The normalized spacial score (nSPS) is 17.7. The van der Waals surface area contributed by atoms with E-state index in [4.69, 9.17) is 10.5 Å². The largest absolute Gasteiger partial charge is 0.444 e. The molecule has 5 nitrogen and oxygen atoms in total. The number of ketones is 1.